The molecular formula is C15H12F3N3O2S2. The Morgan fingerprint density at radius 2 is 1.80 bits per heavy atom. The second-order valence-corrected chi connectivity index (χ2v) is 7.16. The zero-order valence-electron chi connectivity index (χ0n) is 12.5. The summed E-state index contributed by atoms with van der Waals surface area (Å²) in [4.78, 5) is -0.369. The number of nitrogens with two attached hydrogens (primary N) is 1. The molecule has 2 aromatic rings. The fourth-order valence-electron chi connectivity index (χ4n) is 1.96. The summed E-state index contributed by atoms with van der Waals surface area (Å²) < 4.78 is 64.2. The van der Waals surface area contributed by atoms with Gasteiger partial charge >= 0.3 is 6.18 Å². The normalized spacial score (nSPS) is 12.3. The average Bonchev–Trinajstić information content (AvgIpc) is 2.54. The molecule has 0 spiro atoms. The van der Waals surface area contributed by atoms with Crippen molar-refractivity contribution in [1.29, 1.82) is 0 Å². The van der Waals surface area contributed by atoms with Crippen molar-refractivity contribution in [3.8, 4) is 0 Å². The summed E-state index contributed by atoms with van der Waals surface area (Å²) in [5.74, 6) is 0. The summed E-state index contributed by atoms with van der Waals surface area (Å²) in [6.45, 7) is 0. The van der Waals surface area contributed by atoms with Crippen LogP contribution in [-0.2, 0) is 16.0 Å². The molecule has 0 saturated carbocycles. The maximum Gasteiger partial charge on any atom is 0.416 e. The van der Waals surface area contributed by atoms with E-state index < -0.39 is 21.6 Å². The zero-order valence-corrected chi connectivity index (χ0v) is 14.1. The Labute approximate surface area is 147 Å². The van der Waals surface area contributed by atoms with E-state index in [1.807, 2.05) is 0 Å². The number of hydrogen-bond donors (Lipinski definition) is 2. The minimum Gasteiger partial charge on any atom is -0.375 e. The monoisotopic (exact) mass is 387 g/mol. The second kappa shape index (κ2) is 7.19. The first-order chi connectivity index (χ1) is 11.6. The number of hydrogen-bond acceptors (Lipinski definition) is 4. The van der Waals surface area contributed by atoms with Crippen LogP contribution in [0.5, 0.6) is 0 Å². The second-order valence-electron chi connectivity index (χ2n) is 4.80. The third-order valence-corrected chi connectivity index (χ3v) is 4.99. The van der Waals surface area contributed by atoms with Crippen LogP contribution in [0.25, 0.3) is 0 Å². The van der Waals surface area contributed by atoms with Gasteiger partial charge in [-0.25, -0.2) is 8.42 Å². The van der Waals surface area contributed by atoms with Gasteiger partial charge in [0.25, 0.3) is 0 Å². The van der Waals surface area contributed by atoms with Gasteiger partial charge in [0, 0.05) is 5.56 Å². The molecule has 10 heteroatoms. The van der Waals surface area contributed by atoms with Gasteiger partial charge in [-0.05, 0) is 42.5 Å². The van der Waals surface area contributed by atoms with E-state index in [4.69, 9.17) is 5.73 Å². The summed E-state index contributed by atoms with van der Waals surface area (Å²) >= 11 is 4.53. The van der Waals surface area contributed by atoms with Crippen molar-refractivity contribution >= 4 is 33.4 Å². The number of sulfone groups is 1. The third-order valence-electron chi connectivity index (χ3n) is 3.06. The number of thiocarbonyl (C=S) groups is 1. The number of alkyl halides is 3. The molecule has 3 N–H and O–H groups in total. The lowest BCUT2D eigenvalue weighted by Crippen LogP contribution is -2.24. The van der Waals surface area contributed by atoms with Gasteiger partial charge in [0.1, 0.15) is 0 Å². The Morgan fingerprint density at radius 1 is 1.16 bits per heavy atom. The quantitative estimate of drug-likeness (QED) is 0.479. The van der Waals surface area contributed by atoms with Crippen molar-refractivity contribution in [2.75, 3.05) is 0 Å². The fourth-order valence-corrected chi connectivity index (χ4v) is 3.45. The highest BCUT2D eigenvalue weighted by atomic mass is 32.2. The van der Waals surface area contributed by atoms with Gasteiger partial charge in [-0.3, -0.25) is 5.43 Å². The van der Waals surface area contributed by atoms with E-state index >= 15 is 0 Å². The van der Waals surface area contributed by atoms with E-state index in [9.17, 15) is 21.6 Å². The Hall–Kier alpha value is -2.46. The Bertz CT molecular complexity index is 911. The predicted octanol–water partition coefficient (Wildman–Crippen LogP) is 2.71. The Morgan fingerprint density at radius 3 is 2.36 bits per heavy atom. The molecule has 0 unspecified atom stereocenters. The van der Waals surface area contributed by atoms with E-state index in [0.717, 1.165) is 12.3 Å². The molecule has 132 valence electrons. The predicted molar refractivity (Wildman–Crippen MR) is 90.9 cm³/mol. The van der Waals surface area contributed by atoms with Crippen LogP contribution >= 0.6 is 12.2 Å². The largest absolute Gasteiger partial charge is 0.416 e. The highest BCUT2D eigenvalue weighted by Gasteiger charge is 2.32. The summed E-state index contributed by atoms with van der Waals surface area (Å²) in [5, 5.41) is 3.35. The minimum atomic E-state index is -4.63. The van der Waals surface area contributed by atoms with E-state index in [-0.39, 0.29) is 20.5 Å². The molecule has 0 atom stereocenters. The third kappa shape index (κ3) is 4.54. The van der Waals surface area contributed by atoms with Crippen LogP contribution in [0.2, 0.25) is 0 Å². The smallest absolute Gasteiger partial charge is 0.375 e. The summed E-state index contributed by atoms with van der Waals surface area (Å²) in [6, 6.07) is 9.64. The maximum absolute atomic E-state index is 12.9. The summed E-state index contributed by atoms with van der Waals surface area (Å²) in [6.07, 6.45) is -3.71. The molecule has 25 heavy (non-hydrogen) atoms. The molecule has 0 aliphatic rings. The van der Waals surface area contributed by atoms with Crippen molar-refractivity contribution in [2.45, 2.75) is 16.0 Å². The highest BCUT2D eigenvalue weighted by molar-refractivity contribution is 7.91. The number of benzene rings is 2. The standard InChI is InChI=1S/C15H12F3N3O2S2/c16-15(17,18)11-6-7-13(10(8-11)9-20-21-14(19)24)25(22,23)12-4-2-1-3-5-12/h1-9H,(H3,19,21,24). The molecule has 0 saturated heterocycles. The summed E-state index contributed by atoms with van der Waals surface area (Å²) in [7, 11) is -4.03. The van der Waals surface area contributed by atoms with E-state index in [1.165, 1.54) is 24.3 Å². The molecule has 0 radical (unpaired) electrons. The molecule has 0 aliphatic carbocycles. The molecule has 2 rings (SSSR count). The van der Waals surface area contributed by atoms with Crippen molar-refractivity contribution in [1.82, 2.24) is 5.43 Å². The molecule has 0 fully saturated rings. The number of nitrogens with zero attached hydrogens (tertiary/aromatic N) is 1. The molecular weight excluding hydrogens is 375 g/mol. The van der Waals surface area contributed by atoms with Crippen LogP contribution in [0, 0.1) is 0 Å². The SMILES string of the molecule is NC(=S)NN=Cc1cc(C(F)(F)F)ccc1S(=O)(=O)c1ccccc1. The molecule has 0 amide bonds. The Kier molecular flexibility index (Phi) is 5.43. The number of nitrogens with one attached hydrogen (secondary N) is 1. The minimum absolute atomic E-state index is 0.0493. The molecule has 0 aliphatic heterocycles. The van der Waals surface area contributed by atoms with Crippen LogP contribution in [0.15, 0.2) is 63.4 Å². The number of hydrazone groups is 1. The zero-order chi connectivity index (χ0) is 18.7. The Balaban J connectivity index is 2.60. The highest BCUT2D eigenvalue weighted by Crippen LogP contribution is 2.32. The van der Waals surface area contributed by atoms with Crippen molar-refractivity contribution in [2.24, 2.45) is 10.8 Å². The fraction of sp³-hybridized carbons (Fsp3) is 0.0667. The first-order valence-corrected chi connectivity index (χ1v) is 8.61. The molecule has 2 aromatic carbocycles. The van der Waals surface area contributed by atoms with Gasteiger partial charge in [0.15, 0.2) is 5.11 Å². The molecule has 0 bridgehead atoms. The summed E-state index contributed by atoms with van der Waals surface area (Å²) in [5.41, 5.74) is 6.10. The van der Waals surface area contributed by atoms with Gasteiger partial charge in [0.05, 0.1) is 21.6 Å². The van der Waals surface area contributed by atoms with Crippen LogP contribution in [0.3, 0.4) is 0 Å². The number of rotatable bonds is 4. The maximum atomic E-state index is 12.9. The lowest BCUT2D eigenvalue weighted by molar-refractivity contribution is -0.137. The van der Waals surface area contributed by atoms with Crippen LogP contribution in [-0.4, -0.2) is 19.7 Å². The lowest BCUT2D eigenvalue weighted by atomic mass is 10.1. The van der Waals surface area contributed by atoms with Crippen LogP contribution in [0.4, 0.5) is 13.2 Å². The molecule has 5 nitrogen and oxygen atoms in total. The van der Waals surface area contributed by atoms with E-state index in [2.05, 4.69) is 22.7 Å². The first kappa shape index (κ1) is 18.9. The first-order valence-electron chi connectivity index (χ1n) is 6.72. The van der Waals surface area contributed by atoms with Gasteiger partial charge in [0.2, 0.25) is 9.84 Å². The molecule has 0 aromatic heterocycles. The van der Waals surface area contributed by atoms with Gasteiger partial charge in [-0.15, -0.1) is 0 Å². The van der Waals surface area contributed by atoms with E-state index in [0.29, 0.717) is 12.1 Å². The number of halogens is 3. The average molecular weight is 387 g/mol. The lowest BCUT2D eigenvalue weighted by Gasteiger charge is -2.12. The van der Waals surface area contributed by atoms with Gasteiger partial charge in [-0.1, -0.05) is 18.2 Å². The van der Waals surface area contributed by atoms with Crippen molar-refractivity contribution in [3.05, 3.63) is 59.7 Å². The van der Waals surface area contributed by atoms with Crippen molar-refractivity contribution < 1.29 is 21.6 Å². The van der Waals surface area contributed by atoms with E-state index in [1.54, 1.807) is 6.07 Å². The van der Waals surface area contributed by atoms with Crippen LogP contribution < -0.4 is 11.2 Å². The van der Waals surface area contributed by atoms with Gasteiger partial charge < -0.3 is 5.73 Å². The van der Waals surface area contributed by atoms with Crippen LogP contribution in [0.1, 0.15) is 11.1 Å². The van der Waals surface area contributed by atoms with Crippen molar-refractivity contribution in [3.63, 3.8) is 0 Å². The topological polar surface area (TPSA) is 84.5 Å². The molecule has 0 heterocycles. The van der Waals surface area contributed by atoms with Gasteiger partial charge in [-0.2, -0.15) is 18.3 Å².